The number of hydrogen-bond acceptors (Lipinski definition) is 5. The van der Waals surface area contributed by atoms with Gasteiger partial charge in [0.05, 0.1) is 24.0 Å². The monoisotopic (exact) mass is 570 g/mol. The van der Waals surface area contributed by atoms with E-state index in [2.05, 4.69) is 5.10 Å². The maximum atomic E-state index is 14.0. The summed E-state index contributed by atoms with van der Waals surface area (Å²) in [6.45, 7) is 1.96. The molecule has 1 saturated heterocycles. The number of amides is 1. The Balaban J connectivity index is 1.52. The lowest BCUT2D eigenvalue weighted by Gasteiger charge is -2.40. The summed E-state index contributed by atoms with van der Waals surface area (Å²) in [6, 6.07) is 11.6. The molecule has 1 aromatic carbocycles. The summed E-state index contributed by atoms with van der Waals surface area (Å²) in [4.78, 5) is 16.2. The van der Waals surface area contributed by atoms with Gasteiger partial charge in [-0.1, -0.05) is 6.07 Å². The topological polar surface area (TPSA) is 72.5 Å². The van der Waals surface area contributed by atoms with Crippen molar-refractivity contribution in [2.75, 3.05) is 13.7 Å². The SMILES string of the molecule is COc1cc2c(cc1-c1ccn(C)n1)-c1c(-c3cccs3)cc(C(=O)N3CCC[C@]3(C)[C@H](O)C(F)(F)F)n1CC2. The number of alkyl halides is 3. The fraction of sp³-hybridized carbons (Fsp3) is 0.379. The number of fused-ring (bicyclic) bond motifs is 3. The van der Waals surface area contributed by atoms with E-state index in [0.29, 0.717) is 30.8 Å². The van der Waals surface area contributed by atoms with E-state index in [1.54, 1.807) is 17.9 Å². The summed E-state index contributed by atoms with van der Waals surface area (Å²) in [6.07, 6.45) is -4.54. The number of aryl methyl sites for hydroxylation is 2. The normalized spacial score (nSPS) is 19.4. The van der Waals surface area contributed by atoms with Gasteiger partial charge in [0.1, 0.15) is 11.4 Å². The summed E-state index contributed by atoms with van der Waals surface area (Å²) < 4.78 is 50.3. The molecule has 0 bridgehead atoms. The minimum absolute atomic E-state index is 0.0703. The molecule has 0 saturated carbocycles. The van der Waals surface area contributed by atoms with Gasteiger partial charge in [0, 0.05) is 47.9 Å². The molecule has 0 unspecified atom stereocenters. The number of rotatable bonds is 5. The van der Waals surface area contributed by atoms with Crippen LogP contribution in [-0.4, -0.2) is 61.7 Å². The number of thiophene rings is 1. The Kier molecular flexibility index (Phi) is 6.34. The van der Waals surface area contributed by atoms with Gasteiger partial charge in [-0.3, -0.25) is 9.48 Å². The van der Waals surface area contributed by atoms with E-state index < -0.39 is 23.7 Å². The van der Waals surface area contributed by atoms with Crippen molar-refractivity contribution in [2.24, 2.45) is 7.05 Å². The van der Waals surface area contributed by atoms with Crippen LogP contribution in [0.2, 0.25) is 0 Å². The second-order valence-corrected chi connectivity index (χ2v) is 11.6. The van der Waals surface area contributed by atoms with Crippen molar-refractivity contribution in [3.63, 3.8) is 0 Å². The quantitative estimate of drug-likeness (QED) is 0.331. The lowest BCUT2D eigenvalue weighted by Crippen LogP contribution is -2.58. The van der Waals surface area contributed by atoms with Crippen molar-refractivity contribution in [1.29, 1.82) is 0 Å². The molecule has 0 spiro atoms. The second kappa shape index (κ2) is 9.52. The second-order valence-electron chi connectivity index (χ2n) is 10.6. The van der Waals surface area contributed by atoms with E-state index in [0.717, 1.165) is 38.5 Å². The van der Waals surface area contributed by atoms with Gasteiger partial charge in [-0.2, -0.15) is 18.3 Å². The van der Waals surface area contributed by atoms with Crippen molar-refractivity contribution >= 4 is 17.2 Å². The molecule has 1 fully saturated rings. The molecule has 1 amide bonds. The predicted molar refractivity (Wildman–Crippen MR) is 146 cm³/mol. The van der Waals surface area contributed by atoms with E-state index in [9.17, 15) is 23.1 Å². The standard InChI is InChI=1S/C29H29F3N4O3S/c1-28(27(38)29(30,31)32)9-5-10-36(28)26(37)22-16-20(24-6-4-13-40-24)25-18-15-19(21-8-11-34(2)33-21)23(39-3)14-17(18)7-12-35(22)25/h4,6,8,11,13-16,27,38H,5,7,9-10,12H2,1-3H3/t27-,28+/m0/s1. The van der Waals surface area contributed by atoms with Crippen molar-refractivity contribution in [3.05, 3.63) is 59.2 Å². The first kappa shape index (κ1) is 26.6. The molecular formula is C29H29F3N4O3S. The fourth-order valence-electron chi connectivity index (χ4n) is 6.17. The van der Waals surface area contributed by atoms with E-state index in [4.69, 9.17) is 4.74 Å². The number of nitrogens with zero attached hydrogens (tertiary/aromatic N) is 4. The summed E-state index contributed by atoms with van der Waals surface area (Å²) >= 11 is 1.53. The number of carbonyl (C=O) groups is 1. The van der Waals surface area contributed by atoms with Crippen LogP contribution in [-0.2, 0) is 20.0 Å². The van der Waals surface area contributed by atoms with Gasteiger partial charge in [0.15, 0.2) is 6.10 Å². The third kappa shape index (κ3) is 4.14. The molecule has 6 rings (SSSR count). The molecule has 1 N–H and O–H groups in total. The van der Waals surface area contributed by atoms with Crippen LogP contribution < -0.4 is 4.74 Å². The van der Waals surface area contributed by atoms with Crippen LogP contribution in [0.3, 0.4) is 0 Å². The van der Waals surface area contributed by atoms with Crippen LogP contribution in [0, 0.1) is 0 Å². The minimum atomic E-state index is -4.84. The Labute approximate surface area is 233 Å². The van der Waals surface area contributed by atoms with Gasteiger partial charge in [0.25, 0.3) is 5.91 Å². The van der Waals surface area contributed by atoms with Crippen LogP contribution in [0.5, 0.6) is 5.75 Å². The number of aromatic nitrogens is 3. The highest BCUT2D eigenvalue weighted by Gasteiger charge is 2.56. The minimum Gasteiger partial charge on any atom is -0.496 e. The van der Waals surface area contributed by atoms with E-state index in [1.807, 2.05) is 53.5 Å². The van der Waals surface area contributed by atoms with Gasteiger partial charge in [0.2, 0.25) is 0 Å². The third-order valence-electron chi connectivity index (χ3n) is 8.20. The fourth-order valence-corrected chi connectivity index (χ4v) is 6.92. The molecule has 2 aliphatic heterocycles. The summed E-state index contributed by atoms with van der Waals surface area (Å²) in [5, 5.41) is 16.8. The van der Waals surface area contributed by atoms with Crippen LogP contribution >= 0.6 is 11.3 Å². The molecule has 7 nitrogen and oxygen atoms in total. The average Bonchev–Trinajstić information content (AvgIpc) is 3.72. The summed E-state index contributed by atoms with van der Waals surface area (Å²) in [5.41, 5.74) is 3.79. The molecule has 210 valence electrons. The predicted octanol–water partition coefficient (Wildman–Crippen LogP) is 5.77. The van der Waals surface area contributed by atoms with E-state index in [1.165, 1.54) is 23.2 Å². The lowest BCUT2D eigenvalue weighted by atomic mass is 9.90. The first-order valence-corrected chi connectivity index (χ1v) is 14.0. The van der Waals surface area contributed by atoms with Crippen LogP contribution in [0.25, 0.3) is 33.0 Å². The largest absolute Gasteiger partial charge is 0.496 e. The zero-order valence-corrected chi connectivity index (χ0v) is 23.1. The Morgan fingerprint density at radius 1 is 1.18 bits per heavy atom. The molecule has 3 aromatic heterocycles. The zero-order valence-electron chi connectivity index (χ0n) is 22.3. The maximum Gasteiger partial charge on any atom is 0.416 e. The van der Waals surface area contributed by atoms with Crippen LogP contribution in [0.1, 0.15) is 35.8 Å². The van der Waals surface area contributed by atoms with Crippen LogP contribution in [0.4, 0.5) is 13.2 Å². The number of ether oxygens (including phenoxy) is 1. The first-order valence-electron chi connectivity index (χ1n) is 13.1. The molecule has 2 atom stereocenters. The van der Waals surface area contributed by atoms with Gasteiger partial charge < -0.3 is 19.3 Å². The van der Waals surface area contributed by atoms with Crippen molar-refractivity contribution < 1.29 is 27.8 Å². The molecule has 40 heavy (non-hydrogen) atoms. The van der Waals surface area contributed by atoms with Gasteiger partial charge >= 0.3 is 6.18 Å². The number of aliphatic hydroxyl groups excluding tert-OH is 1. The lowest BCUT2D eigenvalue weighted by molar-refractivity contribution is -0.232. The summed E-state index contributed by atoms with van der Waals surface area (Å²) in [7, 11) is 3.46. The molecule has 2 aliphatic rings. The van der Waals surface area contributed by atoms with Gasteiger partial charge in [-0.15, -0.1) is 11.3 Å². The molecular weight excluding hydrogens is 541 g/mol. The number of aliphatic hydroxyl groups is 1. The van der Waals surface area contributed by atoms with Crippen molar-refractivity contribution in [1.82, 2.24) is 19.2 Å². The molecule has 0 radical (unpaired) electrons. The Hall–Kier alpha value is -3.57. The number of halogens is 3. The number of carbonyl (C=O) groups excluding carboxylic acids is 1. The molecule has 5 heterocycles. The Bertz CT molecular complexity index is 1590. The average molecular weight is 571 g/mol. The maximum absolute atomic E-state index is 14.0. The number of benzene rings is 1. The van der Waals surface area contributed by atoms with Gasteiger partial charge in [-0.25, -0.2) is 0 Å². The Morgan fingerprint density at radius 3 is 2.62 bits per heavy atom. The van der Waals surface area contributed by atoms with E-state index >= 15 is 0 Å². The highest BCUT2D eigenvalue weighted by atomic mass is 32.1. The number of likely N-dealkylation sites (tertiary alicyclic amines) is 1. The van der Waals surface area contributed by atoms with Crippen molar-refractivity contribution in [2.45, 2.75) is 50.6 Å². The molecule has 4 aromatic rings. The molecule has 0 aliphatic carbocycles. The van der Waals surface area contributed by atoms with E-state index in [-0.39, 0.29) is 13.0 Å². The number of hydrogen-bond donors (Lipinski definition) is 1. The van der Waals surface area contributed by atoms with Crippen LogP contribution in [0.15, 0.2) is 48.0 Å². The highest BCUT2D eigenvalue weighted by Crippen LogP contribution is 2.46. The third-order valence-corrected chi connectivity index (χ3v) is 9.11. The zero-order chi connectivity index (χ0) is 28.4. The summed E-state index contributed by atoms with van der Waals surface area (Å²) in [5.74, 6) is 0.190. The Morgan fingerprint density at radius 2 is 1.98 bits per heavy atom. The molecule has 11 heteroatoms. The van der Waals surface area contributed by atoms with Gasteiger partial charge in [-0.05, 0) is 67.5 Å². The van der Waals surface area contributed by atoms with Crippen molar-refractivity contribution in [3.8, 4) is 38.7 Å². The first-order chi connectivity index (χ1) is 19.0. The number of methoxy groups -OCH3 is 1. The smallest absolute Gasteiger partial charge is 0.416 e. The highest BCUT2D eigenvalue weighted by molar-refractivity contribution is 7.13.